The molecule has 0 aliphatic carbocycles. The number of likely N-dealkylation sites (N-methyl/N-ethyl adjacent to an activating group) is 1. The van der Waals surface area contributed by atoms with Gasteiger partial charge in [0.1, 0.15) is 13.2 Å². The number of amides is 1. The van der Waals surface area contributed by atoms with Crippen molar-refractivity contribution in [1.29, 1.82) is 0 Å². The molecule has 0 fully saturated rings. The maximum atomic E-state index is 12.9. The molecule has 9 heteroatoms. The van der Waals surface area contributed by atoms with Gasteiger partial charge < -0.3 is 19.8 Å². The van der Waals surface area contributed by atoms with Crippen molar-refractivity contribution in [3.63, 3.8) is 0 Å². The summed E-state index contributed by atoms with van der Waals surface area (Å²) in [5.41, 5.74) is 0. The molecule has 0 saturated heterocycles. The molecule has 56 heavy (non-hydrogen) atoms. The van der Waals surface area contributed by atoms with E-state index >= 15 is 0 Å². The van der Waals surface area contributed by atoms with Gasteiger partial charge in [0, 0.05) is 6.42 Å². The van der Waals surface area contributed by atoms with E-state index in [1.165, 1.54) is 103 Å². The first-order valence-corrected chi connectivity index (χ1v) is 24.2. The van der Waals surface area contributed by atoms with Gasteiger partial charge in [0.2, 0.25) is 5.91 Å². The summed E-state index contributed by atoms with van der Waals surface area (Å²) in [5.74, 6) is -0.198. The molecular weight excluding hydrogens is 719 g/mol. The van der Waals surface area contributed by atoms with Gasteiger partial charge in [-0.3, -0.25) is 13.8 Å². The van der Waals surface area contributed by atoms with Gasteiger partial charge in [-0.2, -0.15) is 0 Å². The fraction of sp³-hybridized carbons (Fsp3) is 0.766. The van der Waals surface area contributed by atoms with E-state index in [2.05, 4.69) is 67.8 Å². The van der Waals surface area contributed by atoms with E-state index in [-0.39, 0.29) is 19.1 Å². The Morgan fingerprint density at radius 1 is 0.607 bits per heavy atom. The van der Waals surface area contributed by atoms with Gasteiger partial charge >= 0.3 is 7.82 Å². The van der Waals surface area contributed by atoms with Gasteiger partial charge in [-0.15, -0.1) is 0 Å². The van der Waals surface area contributed by atoms with E-state index < -0.39 is 20.0 Å². The van der Waals surface area contributed by atoms with Crippen LogP contribution in [0.3, 0.4) is 0 Å². The fourth-order valence-corrected chi connectivity index (χ4v) is 6.79. The number of aliphatic hydroxyl groups is 1. The van der Waals surface area contributed by atoms with Crippen molar-refractivity contribution in [2.75, 3.05) is 40.9 Å². The second-order valence-corrected chi connectivity index (χ2v) is 17.9. The Kier molecular flexibility index (Phi) is 37.5. The van der Waals surface area contributed by atoms with Crippen molar-refractivity contribution in [1.82, 2.24) is 5.32 Å². The summed E-state index contributed by atoms with van der Waals surface area (Å²) in [6.07, 6.45) is 50.2. The van der Waals surface area contributed by atoms with Crippen molar-refractivity contribution in [3.05, 3.63) is 60.8 Å². The Morgan fingerprint density at radius 3 is 1.59 bits per heavy atom. The molecule has 0 aromatic carbocycles. The van der Waals surface area contributed by atoms with Crippen LogP contribution in [0.2, 0.25) is 0 Å². The van der Waals surface area contributed by atoms with Crippen LogP contribution in [0.25, 0.3) is 0 Å². The Morgan fingerprint density at radius 2 is 1.07 bits per heavy atom. The molecular formula is C47H88N2O6P+. The average Bonchev–Trinajstić information content (AvgIpc) is 3.15. The molecule has 0 bridgehead atoms. The third kappa shape index (κ3) is 40.4. The average molecular weight is 808 g/mol. The third-order valence-corrected chi connectivity index (χ3v) is 10.7. The third-order valence-electron chi connectivity index (χ3n) is 9.67. The Labute approximate surface area is 345 Å². The molecule has 0 rings (SSSR count). The molecule has 3 N–H and O–H groups in total. The van der Waals surface area contributed by atoms with Gasteiger partial charge in [-0.25, -0.2) is 4.57 Å². The molecule has 0 spiro atoms. The van der Waals surface area contributed by atoms with E-state index in [4.69, 9.17) is 9.05 Å². The summed E-state index contributed by atoms with van der Waals surface area (Å²) in [7, 11) is 1.54. The molecule has 0 aliphatic rings. The Balaban J connectivity index is 4.31. The Hall–Kier alpha value is -1.80. The number of carbonyl (C=O) groups is 1. The van der Waals surface area contributed by atoms with Gasteiger partial charge in [0.05, 0.1) is 39.9 Å². The lowest BCUT2D eigenvalue weighted by atomic mass is 10.0. The van der Waals surface area contributed by atoms with Crippen molar-refractivity contribution >= 4 is 13.7 Å². The molecule has 0 saturated carbocycles. The maximum Gasteiger partial charge on any atom is 0.472 e. The summed E-state index contributed by atoms with van der Waals surface area (Å²) in [5, 5.41) is 13.8. The standard InChI is InChI=1S/C47H87N2O6P/c1-6-8-10-12-14-16-18-19-20-21-22-23-24-25-26-27-28-29-31-33-35-37-39-41-47(51)48-45(44-55-56(52,53)54-43-42-49(3,4)5)46(50)40-38-36-34-32-30-17-15-13-11-9-7-2/h11,13,18-19,21-22,30,32,38,40,45-46,50H,6-10,12,14-17,20,23-29,31,33-37,39,41-44H2,1-5H3,(H-,48,51,52,53)/p+1/b13-11+,19-18-,22-21-,32-30+,40-38+. The number of hydrogen-bond donors (Lipinski definition) is 3. The number of hydrogen-bond acceptors (Lipinski definition) is 5. The smallest absolute Gasteiger partial charge is 0.387 e. The number of nitrogens with zero attached hydrogens (tertiary/aromatic N) is 1. The van der Waals surface area contributed by atoms with Crippen LogP contribution in [0.4, 0.5) is 0 Å². The molecule has 0 aliphatic heterocycles. The zero-order chi connectivity index (χ0) is 41.4. The van der Waals surface area contributed by atoms with Gasteiger partial charge in [-0.05, 0) is 70.6 Å². The van der Waals surface area contributed by atoms with E-state index in [0.29, 0.717) is 17.4 Å². The van der Waals surface area contributed by atoms with Crippen molar-refractivity contribution in [3.8, 4) is 0 Å². The minimum atomic E-state index is -4.35. The normalized spacial score (nSPS) is 14.9. The first kappa shape index (κ1) is 54.2. The number of quaternary nitrogens is 1. The number of allylic oxidation sites excluding steroid dienone is 9. The molecule has 8 nitrogen and oxygen atoms in total. The van der Waals surface area contributed by atoms with E-state index in [0.717, 1.165) is 57.8 Å². The topological polar surface area (TPSA) is 105 Å². The van der Waals surface area contributed by atoms with Crippen molar-refractivity contribution in [2.45, 2.75) is 193 Å². The monoisotopic (exact) mass is 808 g/mol. The molecule has 3 atom stereocenters. The lowest BCUT2D eigenvalue weighted by Crippen LogP contribution is -2.45. The Bertz CT molecular complexity index is 1100. The van der Waals surface area contributed by atoms with Crippen molar-refractivity contribution in [2.24, 2.45) is 0 Å². The lowest BCUT2D eigenvalue weighted by Gasteiger charge is -2.25. The maximum absolute atomic E-state index is 12.9. The lowest BCUT2D eigenvalue weighted by molar-refractivity contribution is -0.870. The summed E-state index contributed by atoms with van der Waals surface area (Å²) in [6.45, 7) is 4.68. The molecule has 0 radical (unpaired) electrons. The second-order valence-electron chi connectivity index (χ2n) is 16.4. The number of rotatable bonds is 40. The van der Waals surface area contributed by atoms with E-state index in [9.17, 15) is 19.4 Å². The van der Waals surface area contributed by atoms with Crippen LogP contribution in [0.15, 0.2) is 60.8 Å². The van der Waals surface area contributed by atoms with Crippen LogP contribution < -0.4 is 5.32 Å². The summed E-state index contributed by atoms with van der Waals surface area (Å²) in [4.78, 5) is 23.1. The fourth-order valence-electron chi connectivity index (χ4n) is 6.05. The van der Waals surface area contributed by atoms with E-state index in [1.807, 2.05) is 27.2 Å². The molecule has 1 amide bonds. The first-order chi connectivity index (χ1) is 27.0. The van der Waals surface area contributed by atoms with Crippen LogP contribution in [0.5, 0.6) is 0 Å². The number of phosphoric acid groups is 1. The number of phosphoric ester groups is 1. The highest BCUT2D eigenvalue weighted by Crippen LogP contribution is 2.43. The number of carbonyl (C=O) groups excluding carboxylic acids is 1. The number of unbranched alkanes of at least 4 members (excludes halogenated alkanes) is 19. The number of aliphatic hydroxyl groups excluding tert-OH is 1. The highest BCUT2D eigenvalue weighted by molar-refractivity contribution is 7.47. The van der Waals surface area contributed by atoms with Crippen LogP contribution in [-0.4, -0.2) is 73.4 Å². The highest BCUT2D eigenvalue weighted by atomic mass is 31.2. The zero-order valence-corrected chi connectivity index (χ0v) is 37.8. The molecule has 0 aromatic rings. The zero-order valence-electron chi connectivity index (χ0n) is 36.9. The SMILES string of the molecule is CCC/C=C/CC/C=C/CC/C=C/C(O)C(COP(=O)(O)OCC[N+](C)(C)C)NC(=O)CCCCCCCCCCCCC/C=C\C/C=C\CCCCCCC. The van der Waals surface area contributed by atoms with Crippen molar-refractivity contribution < 1.29 is 32.9 Å². The van der Waals surface area contributed by atoms with Crippen LogP contribution >= 0.6 is 7.82 Å². The number of nitrogens with one attached hydrogen (secondary N) is 1. The first-order valence-electron chi connectivity index (χ1n) is 22.7. The van der Waals surface area contributed by atoms with Gasteiger partial charge in [-0.1, -0.05) is 164 Å². The summed E-state index contributed by atoms with van der Waals surface area (Å²) < 4.78 is 23.5. The van der Waals surface area contributed by atoms with Crippen LogP contribution in [0.1, 0.15) is 181 Å². The summed E-state index contributed by atoms with van der Waals surface area (Å²) in [6, 6.07) is -0.870. The molecule has 0 aromatic heterocycles. The van der Waals surface area contributed by atoms with Crippen LogP contribution in [-0.2, 0) is 18.4 Å². The molecule has 3 unspecified atom stereocenters. The largest absolute Gasteiger partial charge is 0.472 e. The van der Waals surface area contributed by atoms with Gasteiger partial charge in [0.15, 0.2) is 0 Å². The predicted molar refractivity (Wildman–Crippen MR) is 240 cm³/mol. The van der Waals surface area contributed by atoms with Gasteiger partial charge in [0.25, 0.3) is 0 Å². The minimum Gasteiger partial charge on any atom is -0.387 e. The quantitative estimate of drug-likeness (QED) is 0.0246. The highest BCUT2D eigenvalue weighted by Gasteiger charge is 2.27. The van der Waals surface area contributed by atoms with E-state index in [1.54, 1.807) is 6.08 Å². The summed E-state index contributed by atoms with van der Waals surface area (Å²) >= 11 is 0. The second kappa shape index (κ2) is 38.7. The predicted octanol–water partition coefficient (Wildman–Crippen LogP) is 12.6. The van der Waals surface area contributed by atoms with Crippen LogP contribution in [0, 0.1) is 0 Å². The molecule has 326 valence electrons. The minimum absolute atomic E-state index is 0.0509. The molecule has 0 heterocycles.